The van der Waals surface area contributed by atoms with Crippen molar-refractivity contribution in [2.75, 3.05) is 24.5 Å². The van der Waals surface area contributed by atoms with E-state index in [9.17, 15) is 9.59 Å². The SMILES string of the molecule is Cn1cc(C(=O)N2CCCC3(CCN(c4cccnc4)C3=O)C2)cn1. The summed E-state index contributed by atoms with van der Waals surface area (Å²) < 4.78 is 1.62. The maximum atomic E-state index is 13.1. The van der Waals surface area contributed by atoms with E-state index in [1.165, 1.54) is 0 Å². The lowest BCUT2D eigenvalue weighted by molar-refractivity contribution is -0.127. The molecule has 0 aliphatic carbocycles. The third kappa shape index (κ3) is 2.69. The van der Waals surface area contributed by atoms with Crippen LogP contribution < -0.4 is 4.90 Å². The molecule has 4 heterocycles. The van der Waals surface area contributed by atoms with E-state index in [4.69, 9.17) is 0 Å². The van der Waals surface area contributed by atoms with Gasteiger partial charge in [0.2, 0.25) is 5.91 Å². The Morgan fingerprint density at radius 1 is 1.24 bits per heavy atom. The molecule has 2 aliphatic heterocycles. The normalized spacial score (nSPS) is 23.5. The van der Waals surface area contributed by atoms with Crippen LogP contribution in [0.4, 0.5) is 5.69 Å². The Balaban J connectivity index is 1.54. The van der Waals surface area contributed by atoms with E-state index < -0.39 is 5.41 Å². The first kappa shape index (κ1) is 15.8. The second-order valence-electron chi connectivity index (χ2n) is 6.93. The lowest BCUT2D eigenvalue weighted by Crippen LogP contribution is -2.49. The van der Waals surface area contributed by atoms with Gasteiger partial charge in [0.25, 0.3) is 5.91 Å². The molecule has 7 nitrogen and oxygen atoms in total. The Labute approximate surface area is 146 Å². The maximum absolute atomic E-state index is 13.1. The second-order valence-corrected chi connectivity index (χ2v) is 6.93. The molecule has 0 aromatic carbocycles. The molecule has 4 rings (SSSR count). The summed E-state index contributed by atoms with van der Waals surface area (Å²) >= 11 is 0. The van der Waals surface area contributed by atoms with Crippen molar-refractivity contribution in [3.05, 3.63) is 42.5 Å². The molecule has 2 fully saturated rings. The lowest BCUT2D eigenvalue weighted by Gasteiger charge is -2.38. The van der Waals surface area contributed by atoms with Crippen LogP contribution in [-0.4, -0.2) is 51.1 Å². The van der Waals surface area contributed by atoms with E-state index in [0.29, 0.717) is 25.2 Å². The van der Waals surface area contributed by atoms with Crippen molar-refractivity contribution in [2.24, 2.45) is 12.5 Å². The van der Waals surface area contributed by atoms with Crippen LogP contribution in [0.5, 0.6) is 0 Å². The second kappa shape index (κ2) is 5.98. The molecule has 2 aliphatic rings. The Morgan fingerprint density at radius 2 is 2.12 bits per heavy atom. The molecule has 0 N–H and O–H groups in total. The summed E-state index contributed by atoms with van der Waals surface area (Å²) in [7, 11) is 1.79. The van der Waals surface area contributed by atoms with Crippen LogP contribution in [0.1, 0.15) is 29.6 Å². The monoisotopic (exact) mass is 339 g/mol. The molecule has 1 unspecified atom stereocenters. The fourth-order valence-corrected chi connectivity index (χ4v) is 3.98. The van der Waals surface area contributed by atoms with Crippen molar-refractivity contribution in [3.63, 3.8) is 0 Å². The highest BCUT2D eigenvalue weighted by atomic mass is 16.2. The third-order valence-corrected chi connectivity index (χ3v) is 5.29. The number of carbonyl (C=O) groups excluding carboxylic acids is 2. The number of likely N-dealkylation sites (tertiary alicyclic amines) is 1. The number of aromatic nitrogens is 3. The molecule has 2 amide bonds. The maximum Gasteiger partial charge on any atom is 0.257 e. The Bertz CT molecular complexity index is 803. The van der Waals surface area contributed by atoms with Crippen molar-refractivity contribution in [1.29, 1.82) is 0 Å². The number of pyridine rings is 1. The third-order valence-electron chi connectivity index (χ3n) is 5.29. The predicted octanol–water partition coefficient (Wildman–Crippen LogP) is 1.47. The van der Waals surface area contributed by atoms with Gasteiger partial charge in [-0.1, -0.05) is 0 Å². The largest absolute Gasteiger partial charge is 0.337 e. The van der Waals surface area contributed by atoms with Crippen molar-refractivity contribution in [2.45, 2.75) is 19.3 Å². The molecule has 130 valence electrons. The summed E-state index contributed by atoms with van der Waals surface area (Å²) in [5.41, 5.74) is 0.945. The smallest absolute Gasteiger partial charge is 0.257 e. The average Bonchev–Trinajstić information content (AvgIpc) is 3.20. The number of carbonyl (C=O) groups is 2. The minimum absolute atomic E-state index is 0.0418. The van der Waals surface area contributed by atoms with Crippen LogP contribution in [0.15, 0.2) is 36.9 Å². The molecule has 0 bridgehead atoms. The van der Waals surface area contributed by atoms with Crippen LogP contribution in [0.3, 0.4) is 0 Å². The number of rotatable bonds is 2. The van der Waals surface area contributed by atoms with Crippen LogP contribution in [-0.2, 0) is 11.8 Å². The van der Waals surface area contributed by atoms with Gasteiger partial charge >= 0.3 is 0 Å². The van der Waals surface area contributed by atoms with Gasteiger partial charge in [0, 0.05) is 39.1 Å². The molecule has 25 heavy (non-hydrogen) atoms. The van der Waals surface area contributed by atoms with Gasteiger partial charge in [0.15, 0.2) is 0 Å². The molecule has 1 atom stereocenters. The number of hydrogen-bond donors (Lipinski definition) is 0. The summed E-state index contributed by atoms with van der Waals surface area (Å²) in [6.45, 7) is 1.85. The average molecular weight is 339 g/mol. The van der Waals surface area contributed by atoms with Crippen LogP contribution in [0, 0.1) is 5.41 Å². The Hall–Kier alpha value is -2.70. The molecular weight excluding hydrogens is 318 g/mol. The number of anilines is 1. The first-order chi connectivity index (χ1) is 12.1. The number of nitrogens with zero attached hydrogens (tertiary/aromatic N) is 5. The molecule has 2 saturated heterocycles. The zero-order valence-electron chi connectivity index (χ0n) is 14.3. The minimum Gasteiger partial charge on any atom is -0.337 e. The van der Waals surface area contributed by atoms with Crippen molar-refractivity contribution < 1.29 is 9.59 Å². The van der Waals surface area contributed by atoms with Gasteiger partial charge in [-0.3, -0.25) is 19.3 Å². The molecule has 2 aromatic rings. The Morgan fingerprint density at radius 3 is 2.84 bits per heavy atom. The fraction of sp³-hybridized carbons (Fsp3) is 0.444. The zero-order chi connectivity index (χ0) is 17.4. The summed E-state index contributed by atoms with van der Waals surface area (Å²) in [6.07, 6.45) is 9.19. The van der Waals surface area contributed by atoms with E-state index >= 15 is 0 Å². The van der Waals surface area contributed by atoms with E-state index in [-0.39, 0.29) is 11.8 Å². The van der Waals surface area contributed by atoms with Crippen molar-refractivity contribution >= 4 is 17.5 Å². The van der Waals surface area contributed by atoms with Gasteiger partial charge in [-0.05, 0) is 31.4 Å². The standard InChI is InChI=1S/C18H21N5O2/c1-21-12-14(10-20-21)16(24)22-8-3-5-18(13-22)6-9-23(17(18)25)15-4-2-7-19-11-15/h2,4,7,10-12H,3,5-6,8-9,13H2,1H3. The number of hydrogen-bond acceptors (Lipinski definition) is 4. The predicted molar refractivity (Wildman–Crippen MR) is 92.0 cm³/mol. The quantitative estimate of drug-likeness (QED) is 0.831. The molecule has 1 spiro atoms. The van der Waals surface area contributed by atoms with E-state index in [1.807, 2.05) is 21.9 Å². The number of aryl methyl sites for hydroxylation is 1. The van der Waals surface area contributed by atoms with Gasteiger partial charge in [-0.25, -0.2) is 0 Å². The summed E-state index contributed by atoms with van der Waals surface area (Å²) in [4.78, 5) is 33.6. The number of amides is 2. The molecule has 7 heteroatoms. The van der Waals surface area contributed by atoms with Gasteiger partial charge in [-0.2, -0.15) is 5.10 Å². The summed E-state index contributed by atoms with van der Waals surface area (Å²) in [6, 6.07) is 3.75. The highest BCUT2D eigenvalue weighted by molar-refractivity contribution is 6.01. The molecular formula is C18H21N5O2. The minimum atomic E-state index is -0.466. The van der Waals surface area contributed by atoms with Gasteiger partial charge in [0.1, 0.15) is 0 Å². The summed E-state index contributed by atoms with van der Waals surface area (Å²) in [5.74, 6) is 0.0731. The van der Waals surface area contributed by atoms with Crippen LogP contribution in [0.2, 0.25) is 0 Å². The molecule has 0 radical (unpaired) electrons. The van der Waals surface area contributed by atoms with Crippen LogP contribution >= 0.6 is 0 Å². The van der Waals surface area contributed by atoms with E-state index in [1.54, 1.807) is 36.5 Å². The summed E-state index contributed by atoms with van der Waals surface area (Å²) in [5, 5.41) is 4.08. The molecule has 0 saturated carbocycles. The van der Waals surface area contributed by atoms with Crippen molar-refractivity contribution in [3.8, 4) is 0 Å². The first-order valence-electron chi connectivity index (χ1n) is 8.59. The highest BCUT2D eigenvalue weighted by Gasteiger charge is 2.50. The zero-order valence-corrected chi connectivity index (χ0v) is 14.3. The highest BCUT2D eigenvalue weighted by Crippen LogP contribution is 2.41. The Kier molecular flexibility index (Phi) is 3.78. The van der Waals surface area contributed by atoms with Crippen molar-refractivity contribution in [1.82, 2.24) is 19.7 Å². The lowest BCUT2D eigenvalue weighted by atomic mass is 9.78. The molecule has 2 aromatic heterocycles. The number of piperidine rings is 1. The van der Waals surface area contributed by atoms with Crippen LogP contribution in [0.25, 0.3) is 0 Å². The topological polar surface area (TPSA) is 71.3 Å². The van der Waals surface area contributed by atoms with E-state index in [2.05, 4.69) is 10.1 Å². The van der Waals surface area contributed by atoms with Gasteiger partial charge in [0.05, 0.1) is 29.1 Å². The fourth-order valence-electron chi connectivity index (χ4n) is 3.98. The van der Waals surface area contributed by atoms with Gasteiger partial charge < -0.3 is 9.80 Å². The first-order valence-corrected chi connectivity index (χ1v) is 8.59. The van der Waals surface area contributed by atoms with E-state index in [0.717, 1.165) is 24.9 Å². The van der Waals surface area contributed by atoms with Gasteiger partial charge in [-0.15, -0.1) is 0 Å².